The summed E-state index contributed by atoms with van der Waals surface area (Å²) in [5.74, 6) is -0.599. The number of piperazine rings is 1. The second-order valence-electron chi connectivity index (χ2n) is 8.90. The molecule has 0 radical (unpaired) electrons. The van der Waals surface area contributed by atoms with Gasteiger partial charge in [-0.25, -0.2) is 8.78 Å². The molecule has 0 atom stereocenters. The molecule has 0 unspecified atom stereocenters. The number of carbonyl (C=O) groups is 1. The molecule has 0 N–H and O–H groups in total. The van der Waals surface area contributed by atoms with E-state index in [1.54, 1.807) is 30.5 Å². The van der Waals surface area contributed by atoms with Crippen molar-refractivity contribution in [1.29, 1.82) is 0 Å². The number of halogens is 2. The predicted molar refractivity (Wildman–Crippen MR) is 135 cm³/mol. The Morgan fingerprint density at radius 1 is 0.861 bits per heavy atom. The highest BCUT2D eigenvalue weighted by atomic mass is 19.1. The summed E-state index contributed by atoms with van der Waals surface area (Å²) in [6, 6.07) is 21.8. The molecule has 1 aliphatic heterocycles. The number of amides is 1. The molecule has 2 heterocycles. The molecule has 0 bridgehead atoms. The van der Waals surface area contributed by atoms with Crippen molar-refractivity contribution in [3.05, 3.63) is 113 Å². The highest BCUT2D eigenvalue weighted by molar-refractivity contribution is 5.98. The van der Waals surface area contributed by atoms with Gasteiger partial charge >= 0.3 is 0 Å². The van der Waals surface area contributed by atoms with Gasteiger partial charge in [0.05, 0.1) is 12.1 Å². The van der Waals surface area contributed by atoms with E-state index in [9.17, 15) is 13.6 Å². The Hall–Kier alpha value is -3.68. The standard InChI is InChI=1S/C29H27F2N3O2/c30-25-8-3-21(4-9-25)28(22-5-10-26(31)11-6-22)36-19-18-33-14-16-34(17-15-33)29(35)24-7-12-27-23(20-24)2-1-13-32-27/h1-13,20,28H,14-19H2. The first-order valence-corrected chi connectivity index (χ1v) is 12.1. The molecule has 0 saturated carbocycles. The van der Waals surface area contributed by atoms with E-state index in [4.69, 9.17) is 4.74 Å². The molecule has 5 rings (SSSR count). The van der Waals surface area contributed by atoms with Gasteiger partial charge in [-0.15, -0.1) is 0 Å². The van der Waals surface area contributed by atoms with E-state index in [2.05, 4.69) is 9.88 Å². The van der Waals surface area contributed by atoms with E-state index in [-0.39, 0.29) is 17.5 Å². The van der Waals surface area contributed by atoms with Gasteiger partial charge in [-0.3, -0.25) is 14.7 Å². The van der Waals surface area contributed by atoms with Gasteiger partial charge in [0.25, 0.3) is 5.91 Å². The van der Waals surface area contributed by atoms with Crippen LogP contribution in [0.25, 0.3) is 10.9 Å². The molecular formula is C29H27F2N3O2. The van der Waals surface area contributed by atoms with E-state index in [0.29, 0.717) is 31.8 Å². The molecule has 4 aromatic rings. The lowest BCUT2D eigenvalue weighted by molar-refractivity contribution is 0.0408. The average Bonchev–Trinajstić information content (AvgIpc) is 2.92. The van der Waals surface area contributed by atoms with Crippen molar-refractivity contribution in [2.75, 3.05) is 39.3 Å². The molecule has 3 aromatic carbocycles. The normalized spacial score (nSPS) is 14.5. The lowest BCUT2D eigenvalue weighted by Gasteiger charge is -2.35. The van der Waals surface area contributed by atoms with Crippen molar-refractivity contribution in [1.82, 2.24) is 14.8 Å². The second-order valence-corrected chi connectivity index (χ2v) is 8.90. The lowest BCUT2D eigenvalue weighted by Crippen LogP contribution is -2.49. The predicted octanol–water partition coefficient (Wildman–Crippen LogP) is 5.08. The molecule has 1 aliphatic rings. The van der Waals surface area contributed by atoms with E-state index in [0.717, 1.165) is 35.1 Å². The van der Waals surface area contributed by atoms with Crippen LogP contribution >= 0.6 is 0 Å². The largest absolute Gasteiger partial charge is 0.367 e. The zero-order chi connectivity index (χ0) is 24.9. The number of hydrogen-bond acceptors (Lipinski definition) is 4. The van der Waals surface area contributed by atoms with Crippen LogP contribution in [0.3, 0.4) is 0 Å². The molecular weight excluding hydrogens is 460 g/mol. The van der Waals surface area contributed by atoms with Gasteiger partial charge in [0.15, 0.2) is 0 Å². The minimum atomic E-state index is -0.420. The average molecular weight is 488 g/mol. The summed E-state index contributed by atoms with van der Waals surface area (Å²) >= 11 is 0. The van der Waals surface area contributed by atoms with Crippen molar-refractivity contribution in [3.63, 3.8) is 0 Å². The van der Waals surface area contributed by atoms with Crippen LogP contribution in [0.1, 0.15) is 27.6 Å². The van der Waals surface area contributed by atoms with Crippen LogP contribution in [0.15, 0.2) is 85.1 Å². The first-order chi connectivity index (χ1) is 17.6. The Morgan fingerprint density at radius 3 is 2.14 bits per heavy atom. The Morgan fingerprint density at radius 2 is 1.50 bits per heavy atom. The molecule has 1 saturated heterocycles. The maximum Gasteiger partial charge on any atom is 0.253 e. The Bertz CT molecular complexity index is 1280. The highest BCUT2D eigenvalue weighted by Crippen LogP contribution is 2.26. The summed E-state index contributed by atoms with van der Waals surface area (Å²) in [6.45, 7) is 3.93. The number of benzene rings is 3. The molecule has 7 heteroatoms. The summed E-state index contributed by atoms with van der Waals surface area (Å²) in [5.41, 5.74) is 3.17. The summed E-state index contributed by atoms with van der Waals surface area (Å²) in [5, 5.41) is 0.955. The van der Waals surface area contributed by atoms with Crippen LogP contribution in [0.5, 0.6) is 0 Å². The number of pyridine rings is 1. The Labute approximate surface area is 208 Å². The number of ether oxygens (including phenoxy) is 1. The Kier molecular flexibility index (Phi) is 7.30. The summed E-state index contributed by atoms with van der Waals surface area (Å²) in [6.07, 6.45) is 1.32. The lowest BCUT2D eigenvalue weighted by atomic mass is 10.0. The maximum atomic E-state index is 13.4. The fourth-order valence-corrected chi connectivity index (χ4v) is 4.53. The van der Waals surface area contributed by atoms with Crippen molar-refractivity contribution in [3.8, 4) is 0 Å². The molecule has 184 valence electrons. The van der Waals surface area contributed by atoms with Crippen LogP contribution < -0.4 is 0 Å². The smallest absolute Gasteiger partial charge is 0.253 e. The number of aromatic nitrogens is 1. The monoisotopic (exact) mass is 487 g/mol. The zero-order valence-electron chi connectivity index (χ0n) is 19.8. The van der Waals surface area contributed by atoms with Crippen molar-refractivity contribution >= 4 is 16.8 Å². The minimum Gasteiger partial charge on any atom is -0.367 e. The topological polar surface area (TPSA) is 45.7 Å². The molecule has 1 aromatic heterocycles. The molecule has 0 aliphatic carbocycles. The molecule has 1 fully saturated rings. The number of fused-ring (bicyclic) bond motifs is 1. The number of nitrogens with zero attached hydrogens (tertiary/aromatic N) is 3. The second kappa shape index (κ2) is 10.9. The van der Waals surface area contributed by atoms with Gasteiger partial charge < -0.3 is 9.64 Å². The van der Waals surface area contributed by atoms with Gasteiger partial charge in [0, 0.05) is 49.9 Å². The summed E-state index contributed by atoms with van der Waals surface area (Å²) in [4.78, 5) is 21.5. The highest BCUT2D eigenvalue weighted by Gasteiger charge is 2.23. The summed E-state index contributed by atoms with van der Waals surface area (Å²) in [7, 11) is 0. The fraction of sp³-hybridized carbons (Fsp3) is 0.241. The van der Waals surface area contributed by atoms with E-state index >= 15 is 0 Å². The van der Waals surface area contributed by atoms with Crippen LogP contribution in [0.2, 0.25) is 0 Å². The molecule has 36 heavy (non-hydrogen) atoms. The van der Waals surface area contributed by atoms with E-state index in [1.807, 2.05) is 35.2 Å². The van der Waals surface area contributed by atoms with Crippen LogP contribution in [0, 0.1) is 11.6 Å². The minimum absolute atomic E-state index is 0.0318. The molecule has 1 amide bonds. The fourth-order valence-electron chi connectivity index (χ4n) is 4.53. The summed E-state index contributed by atoms with van der Waals surface area (Å²) < 4.78 is 33.1. The first kappa shape index (κ1) is 24.0. The van der Waals surface area contributed by atoms with Gasteiger partial charge in [-0.1, -0.05) is 30.3 Å². The van der Waals surface area contributed by atoms with Crippen molar-refractivity contribution in [2.24, 2.45) is 0 Å². The number of hydrogen-bond donors (Lipinski definition) is 0. The SMILES string of the molecule is O=C(c1ccc2ncccc2c1)N1CCN(CCOC(c2ccc(F)cc2)c2ccc(F)cc2)CC1. The third-order valence-electron chi connectivity index (χ3n) is 6.55. The van der Waals surface area contributed by atoms with Crippen molar-refractivity contribution in [2.45, 2.75) is 6.10 Å². The number of carbonyl (C=O) groups excluding carboxylic acids is 1. The zero-order valence-corrected chi connectivity index (χ0v) is 19.8. The van der Waals surface area contributed by atoms with Gasteiger partial charge in [-0.2, -0.15) is 0 Å². The maximum absolute atomic E-state index is 13.4. The molecule has 5 nitrogen and oxygen atoms in total. The van der Waals surface area contributed by atoms with E-state index < -0.39 is 6.10 Å². The first-order valence-electron chi connectivity index (χ1n) is 12.1. The van der Waals surface area contributed by atoms with Crippen LogP contribution in [0.4, 0.5) is 8.78 Å². The number of rotatable bonds is 7. The van der Waals surface area contributed by atoms with Gasteiger partial charge in [0.2, 0.25) is 0 Å². The van der Waals surface area contributed by atoms with Crippen LogP contribution in [-0.4, -0.2) is 60.0 Å². The third-order valence-corrected chi connectivity index (χ3v) is 6.55. The van der Waals surface area contributed by atoms with E-state index in [1.165, 1.54) is 24.3 Å². The third kappa shape index (κ3) is 5.58. The molecule has 0 spiro atoms. The van der Waals surface area contributed by atoms with Crippen LogP contribution in [-0.2, 0) is 4.74 Å². The quantitative estimate of drug-likeness (QED) is 0.365. The van der Waals surface area contributed by atoms with Gasteiger partial charge in [-0.05, 0) is 59.7 Å². The van der Waals surface area contributed by atoms with Crippen molar-refractivity contribution < 1.29 is 18.3 Å². The Balaban J connectivity index is 1.16. The van der Waals surface area contributed by atoms with Gasteiger partial charge in [0.1, 0.15) is 17.7 Å².